The maximum Gasteiger partial charge on any atom is 0.251 e. The average Bonchev–Trinajstić information content (AvgIpc) is 3.14. The standard InChI is InChI=1S/C22H20N2O4/c1-14-2-5-16-12-17(22(26)24-18(16)10-14)8-9-23-21(25)7-4-15-3-6-19-20(11-15)28-13-27-19/h2-7,10-12H,8-9,13H2,1H3,(H,23,25)(H,24,26). The Morgan fingerprint density at radius 1 is 1.14 bits per heavy atom. The zero-order valence-corrected chi connectivity index (χ0v) is 15.5. The van der Waals surface area contributed by atoms with E-state index in [4.69, 9.17) is 9.47 Å². The number of aromatic nitrogens is 1. The third kappa shape index (κ3) is 3.91. The molecule has 142 valence electrons. The van der Waals surface area contributed by atoms with Gasteiger partial charge in [0.2, 0.25) is 12.7 Å². The Kier molecular flexibility index (Phi) is 4.85. The lowest BCUT2D eigenvalue weighted by Crippen LogP contribution is -2.25. The van der Waals surface area contributed by atoms with E-state index >= 15 is 0 Å². The van der Waals surface area contributed by atoms with Gasteiger partial charge in [-0.05, 0) is 60.2 Å². The monoisotopic (exact) mass is 376 g/mol. The number of fused-ring (bicyclic) bond motifs is 2. The number of nitrogens with one attached hydrogen (secondary N) is 2. The van der Waals surface area contributed by atoms with Gasteiger partial charge >= 0.3 is 0 Å². The second-order valence-corrected chi connectivity index (χ2v) is 6.70. The Hall–Kier alpha value is -3.54. The summed E-state index contributed by atoms with van der Waals surface area (Å²) in [6.45, 7) is 2.58. The zero-order valence-electron chi connectivity index (χ0n) is 15.5. The van der Waals surface area contributed by atoms with Gasteiger partial charge in [-0.1, -0.05) is 18.2 Å². The van der Waals surface area contributed by atoms with E-state index in [1.54, 1.807) is 6.08 Å². The number of carbonyl (C=O) groups is 1. The maximum atomic E-state index is 12.2. The van der Waals surface area contributed by atoms with Crippen molar-refractivity contribution in [2.75, 3.05) is 13.3 Å². The molecule has 0 unspecified atom stereocenters. The lowest BCUT2D eigenvalue weighted by molar-refractivity contribution is -0.116. The first-order chi connectivity index (χ1) is 13.6. The van der Waals surface area contributed by atoms with Gasteiger partial charge in [0, 0.05) is 23.7 Å². The minimum Gasteiger partial charge on any atom is -0.454 e. The Morgan fingerprint density at radius 2 is 2.00 bits per heavy atom. The molecule has 0 aliphatic carbocycles. The van der Waals surface area contributed by atoms with Crippen molar-refractivity contribution < 1.29 is 14.3 Å². The highest BCUT2D eigenvalue weighted by atomic mass is 16.7. The molecule has 1 aliphatic rings. The highest BCUT2D eigenvalue weighted by Crippen LogP contribution is 2.32. The van der Waals surface area contributed by atoms with Crippen molar-refractivity contribution in [1.82, 2.24) is 10.3 Å². The van der Waals surface area contributed by atoms with E-state index in [2.05, 4.69) is 10.3 Å². The second-order valence-electron chi connectivity index (χ2n) is 6.70. The summed E-state index contributed by atoms with van der Waals surface area (Å²) < 4.78 is 10.6. The fourth-order valence-electron chi connectivity index (χ4n) is 3.11. The van der Waals surface area contributed by atoms with Crippen LogP contribution in [0.1, 0.15) is 16.7 Å². The molecular weight excluding hydrogens is 356 g/mol. The molecule has 0 saturated carbocycles. The van der Waals surface area contributed by atoms with Gasteiger partial charge in [0.15, 0.2) is 11.5 Å². The summed E-state index contributed by atoms with van der Waals surface area (Å²) in [5.74, 6) is 1.16. The van der Waals surface area contributed by atoms with Crippen molar-refractivity contribution >= 4 is 22.9 Å². The molecule has 0 bridgehead atoms. The molecule has 4 rings (SSSR count). The smallest absolute Gasteiger partial charge is 0.251 e. The molecule has 28 heavy (non-hydrogen) atoms. The molecule has 1 amide bonds. The number of hydrogen-bond acceptors (Lipinski definition) is 4. The van der Waals surface area contributed by atoms with Crippen molar-refractivity contribution in [2.45, 2.75) is 13.3 Å². The van der Waals surface area contributed by atoms with Gasteiger partial charge in [-0.15, -0.1) is 0 Å². The lowest BCUT2D eigenvalue weighted by Gasteiger charge is -2.05. The molecule has 0 fully saturated rings. The van der Waals surface area contributed by atoms with Gasteiger partial charge in [0.1, 0.15) is 0 Å². The molecule has 1 aromatic heterocycles. The Bertz CT molecular complexity index is 1130. The predicted octanol–water partition coefficient (Wildman–Crippen LogP) is 2.94. The van der Waals surface area contributed by atoms with Crippen LogP contribution in [0.25, 0.3) is 17.0 Å². The molecule has 0 radical (unpaired) electrons. The van der Waals surface area contributed by atoms with Crippen LogP contribution < -0.4 is 20.3 Å². The molecule has 0 saturated heterocycles. The minimum atomic E-state index is -0.217. The molecule has 3 aromatic rings. The summed E-state index contributed by atoms with van der Waals surface area (Å²) in [6.07, 6.45) is 3.64. The van der Waals surface area contributed by atoms with Crippen LogP contribution >= 0.6 is 0 Å². The first-order valence-electron chi connectivity index (χ1n) is 9.07. The highest BCUT2D eigenvalue weighted by molar-refractivity contribution is 5.91. The average molecular weight is 376 g/mol. The van der Waals surface area contributed by atoms with Gasteiger partial charge in [-0.25, -0.2) is 0 Å². The number of pyridine rings is 1. The number of H-pyrrole nitrogens is 1. The van der Waals surface area contributed by atoms with Crippen molar-refractivity contribution in [2.24, 2.45) is 0 Å². The summed E-state index contributed by atoms with van der Waals surface area (Å²) >= 11 is 0. The number of carbonyl (C=O) groups excluding carboxylic acids is 1. The van der Waals surface area contributed by atoms with E-state index in [0.717, 1.165) is 22.0 Å². The van der Waals surface area contributed by atoms with Crippen molar-refractivity contribution in [1.29, 1.82) is 0 Å². The molecule has 1 aliphatic heterocycles. The van der Waals surface area contributed by atoms with Crippen LogP contribution in [-0.4, -0.2) is 24.2 Å². The molecule has 6 nitrogen and oxygen atoms in total. The van der Waals surface area contributed by atoms with Gasteiger partial charge < -0.3 is 19.8 Å². The van der Waals surface area contributed by atoms with E-state index in [0.29, 0.717) is 30.0 Å². The summed E-state index contributed by atoms with van der Waals surface area (Å²) in [5, 5.41) is 3.78. The maximum absolute atomic E-state index is 12.2. The van der Waals surface area contributed by atoms with Gasteiger partial charge in [-0.3, -0.25) is 9.59 Å². The molecule has 0 atom stereocenters. The normalized spacial score (nSPS) is 12.6. The largest absolute Gasteiger partial charge is 0.454 e. The van der Waals surface area contributed by atoms with Crippen LogP contribution in [0.3, 0.4) is 0 Å². The highest BCUT2D eigenvalue weighted by Gasteiger charge is 2.12. The number of aryl methyl sites for hydroxylation is 1. The molecule has 2 aromatic carbocycles. The van der Waals surface area contributed by atoms with E-state index < -0.39 is 0 Å². The van der Waals surface area contributed by atoms with Crippen molar-refractivity contribution in [3.05, 3.63) is 75.6 Å². The molecule has 6 heteroatoms. The number of benzene rings is 2. The van der Waals surface area contributed by atoms with E-state index in [1.165, 1.54) is 6.08 Å². The summed E-state index contributed by atoms with van der Waals surface area (Å²) in [7, 11) is 0. The number of aromatic amines is 1. The fourth-order valence-corrected chi connectivity index (χ4v) is 3.11. The molecule has 2 heterocycles. The van der Waals surface area contributed by atoms with Crippen molar-refractivity contribution in [3.63, 3.8) is 0 Å². The summed E-state index contributed by atoms with van der Waals surface area (Å²) in [5.41, 5.74) is 3.29. The topological polar surface area (TPSA) is 80.4 Å². The Balaban J connectivity index is 1.35. The van der Waals surface area contributed by atoms with Crippen LogP contribution in [-0.2, 0) is 11.2 Å². The second kappa shape index (κ2) is 7.60. The fraction of sp³-hybridized carbons (Fsp3) is 0.182. The van der Waals surface area contributed by atoms with Gasteiger partial charge in [0.05, 0.1) is 0 Å². The number of ether oxygens (including phenoxy) is 2. The van der Waals surface area contributed by atoms with Gasteiger partial charge in [-0.2, -0.15) is 0 Å². The predicted molar refractivity (Wildman–Crippen MR) is 108 cm³/mol. The summed E-state index contributed by atoms with van der Waals surface area (Å²) in [4.78, 5) is 27.2. The zero-order chi connectivity index (χ0) is 19.5. The van der Waals surface area contributed by atoms with E-state index in [-0.39, 0.29) is 18.3 Å². The minimum absolute atomic E-state index is 0.122. The summed E-state index contributed by atoms with van der Waals surface area (Å²) in [6, 6.07) is 13.3. The Labute approximate surface area is 161 Å². The number of amides is 1. The first-order valence-corrected chi connectivity index (χ1v) is 9.07. The molecular formula is C22H20N2O4. The quantitative estimate of drug-likeness (QED) is 0.671. The van der Waals surface area contributed by atoms with Crippen LogP contribution in [0, 0.1) is 6.92 Å². The van der Waals surface area contributed by atoms with Crippen LogP contribution in [0.5, 0.6) is 11.5 Å². The van der Waals surface area contributed by atoms with E-state index in [9.17, 15) is 9.59 Å². The Morgan fingerprint density at radius 3 is 2.89 bits per heavy atom. The van der Waals surface area contributed by atoms with Crippen LogP contribution in [0.2, 0.25) is 0 Å². The number of rotatable bonds is 5. The van der Waals surface area contributed by atoms with E-state index in [1.807, 2.05) is 49.4 Å². The lowest BCUT2D eigenvalue weighted by atomic mass is 10.1. The van der Waals surface area contributed by atoms with Crippen LogP contribution in [0.4, 0.5) is 0 Å². The first kappa shape index (κ1) is 17.9. The SMILES string of the molecule is Cc1ccc2cc(CCNC(=O)C=Cc3ccc4c(c3)OCO4)c(=O)[nH]c2c1. The third-order valence-corrected chi connectivity index (χ3v) is 4.60. The third-order valence-electron chi connectivity index (χ3n) is 4.60. The van der Waals surface area contributed by atoms with Gasteiger partial charge in [0.25, 0.3) is 5.56 Å². The number of hydrogen-bond donors (Lipinski definition) is 2. The van der Waals surface area contributed by atoms with Crippen LogP contribution in [0.15, 0.2) is 53.3 Å². The molecule has 0 spiro atoms. The van der Waals surface area contributed by atoms with Crippen molar-refractivity contribution in [3.8, 4) is 11.5 Å². The molecule has 2 N–H and O–H groups in total.